The third-order valence-electron chi connectivity index (χ3n) is 22.3. The first-order valence-electron chi connectivity index (χ1n) is 35.3. The molecular weight excluding hydrogens is 1290 g/mol. The molecule has 20 nitrogen and oxygen atoms in total. The predicted molar refractivity (Wildman–Crippen MR) is 364 cm³/mol. The van der Waals surface area contributed by atoms with E-state index in [1.807, 2.05) is 13.8 Å². The van der Waals surface area contributed by atoms with Crippen LogP contribution in [-0.4, -0.2) is 145 Å². The molecule has 0 spiro atoms. The fourth-order valence-corrected chi connectivity index (χ4v) is 16.9. The van der Waals surface area contributed by atoms with E-state index >= 15 is 0 Å². The normalized spacial score (nSPS) is 31.0. The Balaban J connectivity index is 0.701. The van der Waals surface area contributed by atoms with Crippen molar-refractivity contribution in [3.05, 3.63) is 215 Å². The lowest BCUT2D eigenvalue weighted by Gasteiger charge is -2.61. The molecule has 4 aliphatic carbocycles. The van der Waals surface area contributed by atoms with Crippen molar-refractivity contribution in [1.82, 2.24) is 0 Å². The van der Waals surface area contributed by atoms with Crippen LogP contribution in [0.4, 0.5) is 0 Å². The van der Waals surface area contributed by atoms with E-state index in [1.165, 1.54) is 24.3 Å². The summed E-state index contributed by atoms with van der Waals surface area (Å²) in [6, 6.07) is 49.1. The van der Waals surface area contributed by atoms with Gasteiger partial charge in [-0.25, -0.2) is 28.8 Å². The standard InChI is InChI=1S/C81H88O20/c1-48(45-94-79-71(101-77(91)55-33-21-10-22-34-55)70(100-76(90)54-31-19-9-20-32-54)68(98-74(88)52-27-15-7-16-28-52)64(97-79)47-93-73(87)51-25-13-6-14-26-51)35-38-61(82)49(2)65-62(83)44-60-58-37-36-56-43-57(39-41-80(56,3)59(58)40-42-81(60,65)4)95-78-67(85)69(99-75(89)53-29-17-8-18-30-53)66(84)63(96-78)46-92-72(86)50-23-11-5-12-24-50/h5-34,48-49,56-60,63-71,78-79,84-85H,35-47H2,1-4H3/t48-,49+,56?,57?,58?,59?,60?,63?,64?,65?,66+,67?,68+,69?,70?,71?,78+,79+,80?,81?/m0/s1. The van der Waals surface area contributed by atoms with E-state index in [1.54, 1.807) is 158 Å². The topological polar surface area (TPSA) is 269 Å². The summed E-state index contributed by atoms with van der Waals surface area (Å²) in [5, 5.41) is 23.4. The molecule has 101 heavy (non-hydrogen) atoms. The summed E-state index contributed by atoms with van der Waals surface area (Å²) in [6.45, 7) is 7.35. The molecule has 6 aromatic carbocycles. The van der Waals surface area contributed by atoms with Gasteiger partial charge in [-0.3, -0.25) is 9.59 Å². The molecule has 0 radical (unpaired) electrons. The highest BCUT2D eigenvalue weighted by Gasteiger charge is 2.64. The largest absolute Gasteiger partial charge is 0.459 e. The van der Waals surface area contributed by atoms with Crippen molar-refractivity contribution >= 4 is 47.4 Å². The molecular formula is C81H88O20. The van der Waals surface area contributed by atoms with Gasteiger partial charge in [0.05, 0.1) is 46.1 Å². The maximum absolute atomic E-state index is 14.7. The Kier molecular flexibility index (Phi) is 22.9. The fourth-order valence-electron chi connectivity index (χ4n) is 16.9. The van der Waals surface area contributed by atoms with Gasteiger partial charge in [-0.05, 0) is 165 Å². The second kappa shape index (κ2) is 32.1. The smallest absolute Gasteiger partial charge is 0.338 e. The van der Waals surface area contributed by atoms with Crippen LogP contribution in [-0.2, 0) is 57.0 Å². The number of hydrogen-bond donors (Lipinski definition) is 2. The second-order valence-corrected chi connectivity index (χ2v) is 28.6. The van der Waals surface area contributed by atoms with Gasteiger partial charge >= 0.3 is 35.8 Å². The SMILES string of the molecule is C[C@@H](CCC(=O)[C@@H](C)C1C(=O)CC2C3CCC4CC(O[C@@H]5OC(COC(=O)c6ccccc6)[C@@H](O)C(OC(=O)c6ccccc6)C5O)CCC4(C)C3CCC21C)CO[C@@H]1OC(COC(=O)c2ccccc2)[C@@H](OC(=O)c2ccccc2)C(OC(=O)c2ccccc2)C1OC(=O)c1ccccc1. The van der Waals surface area contributed by atoms with Crippen molar-refractivity contribution in [2.45, 2.75) is 159 Å². The molecule has 12 rings (SSSR count). The third-order valence-corrected chi connectivity index (χ3v) is 22.3. The van der Waals surface area contributed by atoms with Gasteiger partial charge in [0.1, 0.15) is 49.2 Å². The minimum absolute atomic E-state index is 0.0465. The Hall–Kier alpha value is -8.76. The Morgan fingerprint density at radius 3 is 1.43 bits per heavy atom. The monoisotopic (exact) mass is 1380 g/mol. The number of hydrogen-bond acceptors (Lipinski definition) is 20. The molecule has 14 unspecified atom stereocenters. The molecule has 2 saturated heterocycles. The summed E-state index contributed by atoms with van der Waals surface area (Å²) in [6.07, 6.45) is -8.81. The van der Waals surface area contributed by atoms with Gasteiger partial charge in [0.25, 0.3) is 0 Å². The highest BCUT2D eigenvalue weighted by atomic mass is 16.7. The van der Waals surface area contributed by atoms with Crippen LogP contribution in [0.15, 0.2) is 182 Å². The number of ketones is 2. The first-order chi connectivity index (χ1) is 48.8. The van der Waals surface area contributed by atoms with Crippen molar-refractivity contribution in [2.24, 2.45) is 52.3 Å². The number of aliphatic hydroxyl groups is 2. The number of carbonyl (C=O) groups excluding carboxylic acids is 8. The van der Waals surface area contributed by atoms with E-state index in [0.717, 1.165) is 32.1 Å². The van der Waals surface area contributed by atoms with Crippen LogP contribution in [0, 0.1) is 52.3 Å². The first kappa shape index (κ1) is 72.0. The number of carbonyl (C=O) groups is 8. The van der Waals surface area contributed by atoms with Crippen molar-refractivity contribution in [3.8, 4) is 0 Å². The molecule has 6 aromatic rings. The van der Waals surface area contributed by atoms with Crippen LogP contribution in [0.5, 0.6) is 0 Å². The van der Waals surface area contributed by atoms with Gasteiger partial charge in [0.15, 0.2) is 37.0 Å². The van der Waals surface area contributed by atoms with Crippen LogP contribution in [0.25, 0.3) is 0 Å². The molecule has 0 aromatic heterocycles. The lowest BCUT2D eigenvalue weighted by atomic mass is 9.44. The Morgan fingerprint density at radius 1 is 0.485 bits per heavy atom. The van der Waals surface area contributed by atoms with Crippen LogP contribution in [0.2, 0.25) is 0 Å². The molecule has 532 valence electrons. The number of ether oxygens (including phenoxy) is 10. The van der Waals surface area contributed by atoms with Crippen molar-refractivity contribution < 1.29 is 95.9 Å². The zero-order chi connectivity index (χ0) is 71.0. The van der Waals surface area contributed by atoms with E-state index < -0.39 is 128 Å². The summed E-state index contributed by atoms with van der Waals surface area (Å²) in [5.74, 6) is -5.09. The van der Waals surface area contributed by atoms with Crippen molar-refractivity contribution in [1.29, 1.82) is 0 Å². The summed E-state index contributed by atoms with van der Waals surface area (Å²) in [5.41, 5.74) is 0.666. The molecule has 0 bridgehead atoms. The maximum atomic E-state index is 14.7. The summed E-state index contributed by atoms with van der Waals surface area (Å²) >= 11 is 0. The van der Waals surface area contributed by atoms with E-state index in [4.69, 9.17) is 47.4 Å². The average Bonchev–Trinajstić information content (AvgIpc) is 1.53. The lowest BCUT2D eigenvalue weighted by molar-refractivity contribution is -0.315. The van der Waals surface area contributed by atoms with E-state index in [2.05, 4.69) is 13.8 Å². The van der Waals surface area contributed by atoms with Gasteiger partial charge < -0.3 is 57.6 Å². The number of rotatable bonds is 24. The molecule has 20 atom stereocenters. The average molecular weight is 1380 g/mol. The number of benzene rings is 6. The third kappa shape index (κ3) is 16.1. The predicted octanol–water partition coefficient (Wildman–Crippen LogP) is 11.6. The molecule has 6 fully saturated rings. The van der Waals surface area contributed by atoms with Gasteiger partial charge in [0, 0.05) is 24.7 Å². The highest BCUT2D eigenvalue weighted by Crippen LogP contribution is 2.68. The van der Waals surface area contributed by atoms with Gasteiger partial charge in [-0.1, -0.05) is 137 Å². The number of Topliss-reactive ketones (excluding diaryl/α,β-unsaturated/α-hetero) is 2. The van der Waals surface area contributed by atoms with Gasteiger partial charge in [-0.15, -0.1) is 0 Å². The lowest BCUT2D eigenvalue weighted by Crippen LogP contribution is -2.63. The minimum atomic E-state index is -1.62. The first-order valence-corrected chi connectivity index (χ1v) is 35.3. The Morgan fingerprint density at radius 2 is 0.921 bits per heavy atom. The van der Waals surface area contributed by atoms with Crippen molar-refractivity contribution in [2.75, 3.05) is 19.8 Å². The van der Waals surface area contributed by atoms with Crippen molar-refractivity contribution in [3.63, 3.8) is 0 Å². The summed E-state index contributed by atoms with van der Waals surface area (Å²) < 4.78 is 62.0. The van der Waals surface area contributed by atoms with E-state index in [9.17, 15) is 48.6 Å². The van der Waals surface area contributed by atoms with E-state index in [0.29, 0.717) is 37.2 Å². The molecule has 2 heterocycles. The molecule has 2 aliphatic heterocycles. The van der Waals surface area contributed by atoms with Crippen LogP contribution < -0.4 is 0 Å². The number of esters is 6. The Bertz CT molecular complexity index is 3840. The minimum Gasteiger partial charge on any atom is -0.459 e. The number of fused-ring (bicyclic) bond motifs is 5. The van der Waals surface area contributed by atoms with Crippen LogP contribution in [0.3, 0.4) is 0 Å². The van der Waals surface area contributed by atoms with Crippen LogP contribution in [0.1, 0.15) is 154 Å². The Labute approximate surface area is 587 Å². The molecule has 2 N–H and O–H groups in total. The summed E-state index contributed by atoms with van der Waals surface area (Å²) in [4.78, 5) is 112. The van der Waals surface area contributed by atoms with Crippen LogP contribution >= 0.6 is 0 Å². The maximum Gasteiger partial charge on any atom is 0.338 e. The zero-order valence-electron chi connectivity index (χ0n) is 57.1. The molecule has 20 heteroatoms. The molecule has 6 aliphatic rings. The number of aliphatic hydroxyl groups excluding tert-OH is 2. The van der Waals surface area contributed by atoms with Gasteiger partial charge in [-0.2, -0.15) is 0 Å². The summed E-state index contributed by atoms with van der Waals surface area (Å²) in [7, 11) is 0. The van der Waals surface area contributed by atoms with Gasteiger partial charge in [0.2, 0.25) is 0 Å². The quantitative estimate of drug-likeness (QED) is 0.0324. The van der Waals surface area contributed by atoms with E-state index in [-0.39, 0.29) is 87.6 Å². The second-order valence-electron chi connectivity index (χ2n) is 28.6. The molecule has 0 amide bonds. The molecule has 4 saturated carbocycles. The highest BCUT2D eigenvalue weighted by molar-refractivity contribution is 5.94. The fraction of sp³-hybridized carbons (Fsp3) is 0.457. The zero-order valence-corrected chi connectivity index (χ0v) is 57.1.